The smallest absolute Gasteiger partial charge is 0.417 e. The molecule has 0 amide bonds. The fraction of sp³-hybridized carbons (Fsp3) is 0.571. The number of ether oxygens (including phenoxy) is 2. The molecule has 0 atom stereocenters. The highest BCUT2D eigenvalue weighted by Gasteiger charge is 2.16. The van der Waals surface area contributed by atoms with Gasteiger partial charge < -0.3 is 9.47 Å². The van der Waals surface area contributed by atoms with E-state index >= 15 is 0 Å². The van der Waals surface area contributed by atoms with Crippen molar-refractivity contribution in [2.75, 3.05) is 13.2 Å². The molecule has 0 N–H and O–H groups in total. The number of hydrogen-bond acceptors (Lipinski definition) is 5. The van der Waals surface area contributed by atoms with Crippen LogP contribution in [0.15, 0.2) is 0 Å². The topological polar surface area (TPSA) is 69.7 Å². The maximum atomic E-state index is 10.6. The van der Waals surface area contributed by atoms with Crippen molar-refractivity contribution in [1.82, 2.24) is 0 Å². The van der Waals surface area contributed by atoms with Crippen LogP contribution >= 0.6 is 0 Å². The van der Waals surface area contributed by atoms with E-state index in [1.807, 2.05) is 0 Å². The van der Waals surface area contributed by atoms with Crippen molar-refractivity contribution in [2.24, 2.45) is 0 Å². The summed E-state index contributed by atoms with van der Waals surface area (Å²) in [5, 5.41) is 0. The second-order valence-corrected chi connectivity index (χ2v) is 2.00. The predicted molar refractivity (Wildman–Crippen MR) is 38.3 cm³/mol. The third kappa shape index (κ3) is 4.43. The van der Waals surface area contributed by atoms with Crippen LogP contribution in [0.4, 0.5) is 0 Å². The van der Waals surface area contributed by atoms with E-state index in [1.54, 1.807) is 6.92 Å². The van der Waals surface area contributed by atoms with E-state index in [0.29, 0.717) is 0 Å². The molecule has 12 heavy (non-hydrogen) atoms. The molecule has 0 radical (unpaired) electrons. The highest BCUT2D eigenvalue weighted by molar-refractivity contribution is 6.29. The summed E-state index contributed by atoms with van der Waals surface area (Å²) in [4.78, 5) is 31.4. The van der Waals surface area contributed by atoms with Crippen molar-refractivity contribution in [3.05, 3.63) is 0 Å². The van der Waals surface area contributed by atoms with E-state index in [9.17, 15) is 14.4 Å². The largest absolute Gasteiger partial charge is 0.458 e. The molecule has 0 saturated carbocycles. The Hall–Kier alpha value is -1.39. The summed E-state index contributed by atoms with van der Waals surface area (Å²) in [7, 11) is 0. The molecule has 0 spiro atoms. The maximum Gasteiger partial charge on any atom is 0.417 e. The van der Waals surface area contributed by atoms with Gasteiger partial charge in [0.15, 0.2) is 5.78 Å². The van der Waals surface area contributed by atoms with Gasteiger partial charge >= 0.3 is 11.9 Å². The number of rotatable bonds is 3. The van der Waals surface area contributed by atoms with Gasteiger partial charge in [0, 0.05) is 0 Å². The summed E-state index contributed by atoms with van der Waals surface area (Å²) in [5.74, 6) is -2.53. The van der Waals surface area contributed by atoms with Crippen molar-refractivity contribution in [1.29, 1.82) is 0 Å². The first kappa shape index (κ1) is 10.6. The van der Waals surface area contributed by atoms with Crippen LogP contribution in [0, 0.1) is 0 Å². The van der Waals surface area contributed by atoms with Crippen molar-refractivity contribution in [3.63, 3.8) is 0 Å². The van der Waals surface area contributed by atoms with Gasteiger partial charge in [0.05, 0.1) is 6.61 Å². The number of carbonyl (C=O) groups is 3. The maximum absolute atomic E-state index is 10.6. The van der Waals surface area contributed by atoms with Crippen molar-refractivity contribution in [2.45, 2.75) is 13.8 Å². The lowest BCUT2D eigenvalue weighted by molar-refractivity contribution is -0.168. The van der Waals surface area contributed by atoms with Crippen LogP contribution in [-0.2, 0) is 23.9 Å². The Morgan fingerprint density at radius 2 is 1.58 bits per heavy atom. The lowest BCUT2D eigenvalue weighted by atomic mass is 10.5. The lowest BCUT2D eigenvalue weighted by Gasteiger charge is -2.00. The third-order valence-corrected chi connectivity index (χ3v) is 0.849. The van der Waals surface area contributed by atoms with Crippen LogP contribution in [-0.4, -0.2) is 30.9 Å². The third-order valence-electron chi connectivity index (χ3n) is 0.849. The van der Waals surface area contributed by atoms with Crippen LogP contribution in [0.5, 0.6) is 0 Å². The van der Waals surface area contributed by atoms with Gasteiger partial charge in [0.1, 0.15) is 6.61 Å². The molecule has 68 valence electrons. The van der Waals surface area contributed by atoms with E-state index < -0.39 is 18.5 Å². The number of carbonyl (C=O) groups excluding carboxylic acids is 3. The average molecular weight is 174 g/mol. The van der Waals surface area contributed by atoms with Crippen molar-refractivity contribution >= 4 is 17.7 Å². The molecule has 0 bridgehead atoms. The molecule has 0 saturated heterocycles. The highest BCUT2D eigenvalue weighted by Crippen LogP contribution is 1.84. The van der Waals surface area contributed by atoms with Crippen LogP contribution < -0.4 is 0 Å². The van der Waals surface area contributed by atoms with Crippen LogP contribution in [0.25, 0.3) is 0 Å². The van der Waals surface area contributed by atoms with Gasteiger partial charge in [-0.05, 0) is 13.8 Å². The predicted octanol–water partition coefficient (Wildman–Crippen LogP) is -0.318. The van der Waals surface area contributed by atoms with Crippen molar-refractivity contribution in [3.8, 4) is 0 Å². The Labute approximate surface area is 69.6 Å². The highest BCUT2D eigenvalue weighted by atomic mass is 16.6. The van der Waals surface area contributed by atoms with E-state index in [0.717, 1.165) is 0 Å². The SMILES string of the molecule is CCOC(=O)C(=O)OCC(C)=O. The monoisotopic (exact) mass is 174 g/mol. The first-order valence-corrected chi connectivity index (χ1v) is 3.41. The second-order valence-electron chi connectivity index (χ2n) is 2.00. The number of ketones is 1. The molecular formula is C7H10O5. The summed E-state index contributed by atoms with van der Waals surface area (Å²) in [6.07, 6.45) is 0. The Morgan fingerprint density at radius 3 is 2.00 bits per heavy atom. The van der Waals surface area contributed by atoms with Gasteiger partial charge in [-0.2, -0.15) is 0 Å². The van der Waals surface area contributed by atoms with Gasteiger partial charge in [-0.15, -0.1) is 0 Å². The molecule has 0 aromatic heterocycles. The average Bonchev–Trinajstić information content (AvgIpc) is 2.00. The fourth-order valence-corrected chi connectivity index (χ4v) is 0.416. The van der Waals surface area contributed by atoms with Gasteiger partial charge in [0.25, 0.3) is 0 Å². The number of hydrogen-bond donors (Lipinski definition) is 0. The second kappa shape index (κ2) is 5.29. The summed E-state index contributed by atoms with van der Waals surface area (Å²) in [6.45, 7) is 2.53. The Kier molecular flexibility index (Phi) is 4.67. The molecule has 0 heterocycles. The van der Waals surface area contributed by atoms with E-state index in [1.165, 1.54) is 6.92 Å². The molecular weight excluding hydrogens is 164 g/mol. The minimum Gasteiger partial charge on any atom is -0.458 e. The Bertz CT molecular complexity index is 196. The molecule has 0 rings (SSSR count). The van der Waals surface area contributed by atoms with E-state index in [-0.39, 0.29) is 12.4 Å². The summed E-state index contributed by atoms with van der Waals surface area (Å²) in [6, 6.07) is 0. The lowest BCUT2D eigenvalue weighted by Crippen LogP contribution is -2.22. The van der Waals surface area contributed by atoms with Gasteiger partial charge in [0.2, 0.25) is 0 Å². The van der Waals surface area contributed by atoms with Crippen molar-refractivity contribution < 1.29 is 23.9 Å². The Morgan fingerprint density at radius 1 is 1.08 bits per heavy atom. The van der Waals surface area contributed by atoms with E-state index in [2.05, 4.69) is 9.47 Å². The number of Topliss-reactive ketones (excluding diaryl/α,β-unsaturated/α-hetero) is 1. The molecule has 0 aliphatic carbocycles. The molecule has 0 fully saturated rings. The molecule has 0 aliphatic heterocycles. The quantitative estimate of drug-likeness (QED) is 0.433. The first-order valence-electron chi connectivity index (χ1n) is 3.41. The van der Waals surface area contributed by atoms with Crippen LogP contribution in [0.1, 0.15) is 13.8 Å². The van der Waals surface area contributed by atoms with Gasteiger partial charge in [-0.3, -0.25) is 4.79 Å². The standard InChI is InChI=1S/C7H10O5/c1-3-11-6(9)7(10)12-4-5(2)8/h3-4H2,1-2H3. The van der Waals surface area contributed by atoms with Gasteiger partial charge in [-0.1, -0.05) is 0 Å². The molecule has 0 aliphatic rings. The minimum absolute atomic E-state index is 0.105. The van der Waals surface area contributed by atoms with E-state index in [4.69, 9.17) is 0 Å². The summed E-state index contributed by atoms with van der Waals surface area (Å²) >= 11 is 0. The Balaban J connectivity index is 3.72. The van der Waals surface area contributed by atoms with Gasteiger partial charge in [-0.25, -0.2) is 9.59 Å². The fourth-order valence-electron chi connectivity index (χ4n) is 0.416. The number of esters is 2. The van der Waals surface area contributed by atoms with Crippen LogP contribution in [0.2, 0.25) is 0 Å². The molecule has 0 aromatic carbocycles. The molecule has 5 nitrogen and oxygen atoms in total. The molecule has 0 aromatic rings. The first-order chi connectivity index (χ1) is 5.57. The molecule has 0 unspecified atom stereocenters. The zero-order valence-electron chi connectivity index (χ0n) is 6.96. The summed E-state index contributed by atoms with van der Waals surface area (Å²) < 4.78 is 8.57. The molecule has 5 heteroatoms. The zero-order valence-corrected chi connectivity index (χ0v) is 6.96. The zero-order chi connectivity index (χ0) is 9.56. The minimum atomic E-state index is -1.13. The van der Waals surface area contributed by atoms with Crippen LogP contribution in [0.3, 0.4) is 0 Å². The summed E-state index contributed by atoms with van der Waals surface area (Å²) in [5.41, 5.74) is 0. The normalized spacial score (nSPS) is 8.83.